The Morgan fingerprint density at radius 3 is 2.44 bits per heavy atom. The van der Waals surface area contributed by atoms with Crippen LogP contribution in [0.15, 0.2) is 30.6 Å². The fourth-order valence-corrected chi connectivity index (χ4v) is 1.46. The van der Waals surface area contributed by atoms with Crippen LogP contribution in [0.5, 0.6) is 0 Å². The van der Waals surface area contributed by atoms with Crippen molar-refractivity contribution in [1.82, 2.24) is 9.97 Å². The maximum absolute atomic E-state index is 5.91. The van der Waals surface area contributed by atoms with Gasteiger partial charge < -0.3 is 5.32 Å². The first-order valence-electron chi connectivity index (χ1n) is 4.97. The van der Waals surface area contributed by atoms with Gasteiger partial charge >= 0.3 is 0 Å². The van der Waals surface area contributed by atoms with Crippen molar-refractivity contribution in [3.8, 4) is 0 Å². The molecule has 0 aliphatic rings. The van der Waals surface area contributed by atoms with Crippen LogP contribution < -0.4 is 5.32 Å². The summed E-state index contributed by atoms with van der Waals surface area (Å²) >= 11 is 5.91. The zero-order chi connectivity index (χ0) is 11.5. The summed E-state index contributed by atoms with van der Waals surface area (Å²) in [5.74, 6) is 0.740. The van der Waals surface area contributed by atoms with E-state index >= 15 is 0 Å². The Bertz CT molecular complexity index is 494. The molecule has 4 heteroatoms. The highest BCUT2D eigenvalue weighted by atomic mass is 35.5. The van der Waals surface area contributed by atoms with Crippen molar-refractivity contribution in [2.75, 3.05) is 5.32 Å². The Morgan fingerprint density at radius 2 is 1.75 bits per heavy atom. The molecule has 0 amide bonds. The minimum absolute atomic E-state index is 0.476. The topological polar surface area (TPSA) is 37.8 Å². The number of halogens is 1. The van der Waals surface area contributed by atoms with Crippen molar-refractivity contribution in [2.24, 2.45) is 0 Å². The Hall–Kier alpha value is -1.61. The van der Waals surface area contributed by atoms with Crippen LogP contribution >= 0.6 is 11.6 Å². The van der Waals surface area contributed by atoms with E-state index in [2.05, 4.69) is 22.2 Å². The molecule has 0 spiro atoms. The van der Waals surface area contributed by atoms with Crippen LogP contribution in [0.1, 0.15) is 11.1 Å². The van der Waals surface area contributed by atoms with E-state index in [4.69, 9.17) is 11.6 Å². The highest BCUT2D eigenvalue weighted by molar-refractivity contribution is 6.30. The number of anilines is 2. The molecule has 16 heavy (non-hydrogen) atoms. The van der Waals surface area contributed by atoms with Crippen LogP contribution in [0.3, 0.4) is 0 Å². The average molecular weight is 234 g/mol. The number of nitrogens with zero attached hydrogens (tertiary/aromatic N) is 2. The molecule has 0 saturated heterocycles. The summed E-state index contributed by atoms with van der Waals surface area (Å²) in [4.78, 5) is 8.06. The summed E-state index contributed by atoms with van der Waals surface area (Å²) in [6.45, 7) is 3.94. The van der Waals surface area contributed by atoms with Gasteiger partial charge in [0, 0.05) is 11.3 Å². The predicted octanol–water partition coefficient (Wildman–Crippen LogP) is 3.49. The van der Waals surface area contributed by atoms with Crippen molar-refractivity contribution in [2.45, 2.75) is 13.8 Å². The lowest BCUT2D eigenvalue weighted by molar-refractivity contribution is 1.13. The summed E-state index contributed by atoms with van der Waals surface area (Å²) in [7, 11) is 0. The molecular formula is C12H12ClN3. The Balaban J connectivity index is 2.27. The molecule has 1 N–H and O–H groups in total. The zero-order valence-corrected chi connectivity index (χ0v) is 9.92. The average Bonchev–Trinajstić information content (AvgIpc) is 2.28. The molecule has 0 saturated carbocycles. The van der Waals surface area contributed by atoms with Gasteiger partial charge in [0.15, 0.2) is 0 Å². The van der Waals surface area contributed by atoms with Gasteiger partial charge in [0.05, 0.1) is 0 Å². The molecule has 0 fully saturated rings. The van der Waals surface area contributed by atoms with Crippen LogP contribution in [0, 0.1) is 13.8 Å². The summed E-state index contributed by atoms with van der Waals surface area (Å²) in [6.07, 6.45) is 1.45. The molecule has 0 aliphatic carbocycles. The minimum Gasteiger partial charge on any atom is -0.340 e. The van der Waals surface area contributed by atoms with Crippen LogP contribution in [0.2, 0.25) is 5.15 Å². The number of aromatic nitrogens is 2. The summed E-state index contributed by atoms with van der Waals surface area (Å²) in [5.41, 5.74) is 3.07. The molecule has 2 aromatic rings. The molecule has 2 rings (SSSR count). The number of nitrogens with one attached hydrogen (secondary N) is 1. The molecule has 1 aromatic heterocycles. The van der Waals surface area contributed by atoms with E-state index in [-0.39, 0.29) is 0 Å². The Labute approximate surface area is 99.5 Å². The van der Waals surface area contributed by atoms with Gasteiger partial charge in [-0.1, -0.05) is 29.3 Å². The number of aryl methyl sites for hydroxylation is 1. The van der Waals surface area contributed by atoms with Gasteiger partial charge in [0.2, 0.25) is 0 Å². The van der Waals surface area contributed by atoms with E-state index in [0.717, 1.165) is 17.1 Å². The standard InChI is InChI=1S/C12H12ClN3/c1-8-3-5-10(6-4-8)16-12-9(2)11(13)14-7-15-12/h3-7H,1-2H3,(H,14,15,16). The second kappa shape index (κ2) is 4.49. The smallest absolute Gasteiger partial charge is 0.138 e. The van der Waals surface area contributed by atoms with Gasteiger partial charge in [-0.05, 0) is 26.0 Å². The van der Waals surface area contributed by atoms with E-state index in [1.165, 1.54) is 11.9 Å². The van der Waals surface area contributed by atoms with Crippen molar-refractivity contribution >= 4 is 23.1 Å². The quantitative estimate of drug-likeness (QED) is 0.807. The molecule has 0 radical (unpaired) electrons. The van der Waals surface area contributed by atoms with Gasteiger partial charge in [-0.3, -0.25) is 0 Å². The Morgan fingerprint density at radius 1 is 1.06 bits per heavy atom. The van der Waals surface area contributed by atoms with E-state index in [1.807, 2.05) is 31.2 Å². The van der Waals surface area contributed by atoms with Gasteiger partial charge in [-0.15, -0.1) is 0 Å². The third kappa shape index (κ3) is 2.31. The second-order valence-electron chi connectivity index (χ2n) is 3.63. The first kappa shape index (κ1) is 10.9. The maximum Gasteiger partial charge on any atom is 0.138 e. The van der Waals surface area contributed by atoms with Crippen LogP contribution in [0.4, 0.5) is 11.5 Å². The van der Waals surface area contributed by atoms with Gasteiger partial charge in [0.1, 0.15) is 17.3 Å². The van der Waals surface area contributed by atoms with Crippen molar-refractivity contribution in [3.63, 3.8) is 0 Å². The second-order valence-corrected chi connectivity index (χ2v) is 3.99. The molecule has 0 aliphatic heterocycles. The van der Waals surface area contributed by atoms with Crippen LogP contribution in [0.25, 0.3) is 0 Å². The fourth-order valence-electron chi connectivity index (χ4n) is 1.33. The van der Waals surface area contributed by atoms with Crippen LogP contribution in [-0.2, 0) is 0 Å². The summed E-state index contributed by atoms with van der Waals surface area (Å²) in [5, 5.41) is 3.68. The van der Waals surface area contributed by atoms with Crippen LogP contribution in [-0.4, -0.2) is 9.97 Å². The van der Waals surface area contributed by atoms with Crippen molar-refractivity contribution < 1.29 is 0 Å². The van der Waals surface area contributed by atoms with Crippen molar-refractivity contribution in [1.29, 1.82) is 0 Å². The van der Waals surface area contributed by atoms with E-state index < -0.39 is 0 Å². The largest absolute Gasteiger partial charge is 0.340 e. The third-order valence-electron chi connectivity index (χ3n) is 2.34. The molecular weight excluding hydrogens is 222 g/mol. The number of hydrogen-bond donors (Lipinski definition) is 1. The van der Waals surface area contributed by atoms with Gasteiger partial charge in [-0.2, -0.15) is 0 Å². The lowest BCUT2D eigenvalue weighted by Gasteiger charge is -2.08. The molecule has 1 heterocycles. The highest BCUT2D eigenvalue weighted by Crippen LogP contribution is 2.22. The molecule has 0 bridgehead atoms. The molecule has 1 aromatic carbocycles. The van der Waals surface area contributed by atoms with Gasteiger partial charge in [0.25, 0.3) is 0 Å². The van der Waals surface area contributed by atoms with E-state index in [9.17, 15) is 0 Å². The maximum atomic E-state index is 5.91. The van der Waals surface area contributed by atoms with E-state index in [1.54, 1.807) is 0 Å². The predicted molar refractivity (Wildman–Crippen MR) is 66.2 cm³/mol. The SMILES string of the molecule is Cc1ccc(Nc2ncnc(Cl)c2C)cc1. The molecule has 0 unspecified atom stereocenters. The fraction of sp³-hybridized carbons (Fsp3) is 0.167. The normalized spacial score (nSPS) is 10.2. The number of rotatable bonds is 2. The lowest BCUT2D eigenvalue weighted by atomic mass is 10.2. The number of benzene rings is 1. The molecule has 0 atom stereocenters. The Kier molecular flexibility index (Phi) is 3.06. The highest BCUT2D eigenvalue weighted by Gasteiger charge is 2.04. The summed E-state index contributed by atoms with van der Waals surface area (Å²) in [6, 6.07) is 8.09. The molecule has 82 valence electrons. The number of hydrogen-bond acceptors (Lipinski definition) is 3. The van der Waals surface area contributed by atoms with Gasteiger partial charge in [-0.25, -0.2) is 9.97 Å². The first-order valence-corrected chi connectivity index (χ1v) is 5.35. The zero-order valence-electron chi connectivity index (χ0n) is 9.16. The first-order chi connectivity index (χ1) is 7.66. The summed E-state index contributed by atoms with van der Waals surface area (Å²) < 4.78 is 0. The van der Waals surface area contributed by atoms with E-state index in [0.29, 0.717) is 5.15 Å². The monoisotopic (exact) mass is 233 g/mol. The molecule has 3 nitrogen and oxygen atoms in total. The van der Waals surface area contributed by atoms with Crippen molar-refractivity contribution in [3.05, 3.63) is 46.9 Å². The third-order valence-corrected chi connectivity index (χ3v) is 2.72. The lowest BCUT2D eigenvalue weighted by Crippen LogP contribution is -1.97. The minimum atomic E-state index is 0.476.